The van der Waals surface area contributed by atoms with Crippen molar-refractivity contribution in [2.24, 2.45) is 0 Å². The average molecular weight is 410 g/mol. The first-order valence-corrected chi connectivity index (χ1v) is 9.04. The third-order valence-electron chi connectivity index (χ3n) is 4.35. The molecule has 1 aromatic carbocycles. The molecule has 1 aromatic heterocycles. The molecule has 1 aliphatic heterocycles. The topological polar surface area (TPSA) is 67.8 Å². The van der Waals surface area contributed by atoms with Crippen molar-refractivity contribution in [3.63, 3.8) is 0 Å². The van der Waals surface area contributed by atoms with Gasteiger partial charge in [-0.05, 0) is 37.1 Å². The summed E-state index contributed by atoms with van der Waals surface area (Å²) < 4.78 is 47.0. The van der Waals surface area contributed by atoms with E-state index in [1.807, 2.05) is 19.0 Å². The maximum absolute atomic E-state index is 12.7. The van der Waals surface area contributed by atoms with E-state index in [-0.39, 0.29) is 17.6 Å². The molecule has 2 aromatic rings. The number of likely N-dealkylation sites (tertiary alicyclic amines) is 1. The summed E-state index contributed by atoms with van der Waals surface area (Å²) in [5.74, 6) is 0.249. The van der Waals surface area contributed by atoms with Crippen LogP contribution < -0.4 is 14.4 Å². The van der Waals surface area contributed by atoms with Crippen molar-refractivity contribution in [1.82, 2.24) is 15.1 Å². The highest BCUT2D eigenvalue weighted by molar-refractivity contribution is 5.94. The van der Waals surface area contributed by atoms with Gasteiger partial charge in [0, 0.05) is 32.3 Å². The molecule has 7 nitrogen and oxygen atoms in total. The Balaban J connectivity index is 1.64. The van der Waals surface area contributed by atoms with E-state index in [2.05, 4.69) is 14.9 Å². The summed E-state index contributed by atoms with van der Waals surface area (Å²) in [7, 11) is 3.70. The Morgan fingerprint density at radius 1 is 1.21 bits per heavy atom. The van der Waals surface area contributed by atoms with Crippen molar-refractivity contribution in [1.29, 1.82) is 0 Å². The molecule has 1 fully saturated rings. The normalized spacial score (nSPS) is 17.0. The number of piperidine rings is 1. The number of amides is 1. The van der Waals surface area contributed by atoms with Crippen LogP contribution in [0.25, 0.3) is 0 Å². The van der Waals surface area contributed by atoms with Crippen LogP contribution in [0.15, 0.2) is 36.4 Å². The number of hydrogen-bond donors (Lipinski definition) is 0. The third-order valence-corrected chi connectivity index (χ3v) is 4.35. The van der Waals surface area contributed by atoms with E-state index >= 15 is 0 Å². The van der Waals surface area contributed by atoms with Crippen LogP contribution in [0.5, 0.6) is 11.6 Å². The maximum Gasteiger partial charge on any atom is 0.573 e. The quantitative estimate of drug-likeness (QED) is 0.755. The average Bonchev–Trinajstić information content (AvgIpc) is 2.67. The fourth-order valence-electron chi connectivity index (χ4n) is 3.01. The first-order chi connectivity index (χ1) is 13.7. The summed E-state index contributed by atoms with van der Waals surface area (Å²) in [6, 6.07) is 8.55. The number of carbonyl (C=O) groups excluding carboxylic acids is 1. The van der Waals surface area contributed by atoms with Gasteiger partial charge in [0.1, 0.15) is 11.9 Å². The lowest BCUT2D eigenvalue weighted by Gasteiger charge is -2.32. The molecule has 1 saturated heterocycles. The molecule has 156 valence electrons. The summed E-state index contributed by atoms with van der Waals surface area (Å²) in [5, 5.41) is 8.08. The first kappa shape index (κ1) is 20.7. The summed E-state index contributed by atoms with van der Waals surface area (Å²) in [6.45, 7) is 0.800. The largest absolute Gasteiger partial charge is 0.573 e. The van der Waals surface area contributed by atoms with E-state index in [0.717, 1.165) is 18.6 Å². The smallest absolute Gasteiger partial charge is 0.471 e. The molecule has 0 spiro atoms. The minimum absolute atomic E-state index is 0.127. The molecule has 10 heteroatoms. The molecule has 2 heterocycles. The Labute approximate surface area is 166 Å². The summed E-state index contributed by atoms with van der Waals surface area (Å²) in [5.41, 5.74) is 0.127. The second kappa shape index (κ2) is 8.54. The predicted octanol–water partition coefficient (Wildman–Crippen LogP) is 3.12. The highest BCUT2D eigenvalue weighted by atomic mass is 19.4. The highest BCUT2D eigenvalue weighted by Gasteiger charge is 2.32. The molecule has 0 bridgehead atoms. The third kappa shape index (κ3) is 5.72. The van der Waals surface area contributed by atoms with Gasteiger partial charge in [0.15, 0.2) is 5.82 Å². The van der Waals surface area contributed by atoms with E-state index < -0.39 is 12.1 Å². The molecular weight excluding hydrogens is 389 g/mol. The molecule has 1 amide bonds. The number of aromatic nitrogens is 2. The minimum Gasteiger partial charge on any atom is -0.471 e. The van der Waals surface area contributed by atoms with E-state index in [1.54, 1.807) is 17.0 Å². The van der Waals surface area contributed by atoms with Gasteiger partial charge >= 0.3 is 6.36 Å². The molecule has 3 rings (SSSR count). The standard InChI is InChI=1S/C19H21F3N4O3/c1-25(2)16-8-9-17(24-23-16)28-15-7-4-10-26(12-15)18(27)13-5-3-6-14(11-13)29-19(20,21)22/h3,5-6,8-9,11,15H,4,7,10,12H2,1-2H3. The van der Waals surface area contributed by atoms with Gasteiger partial charge in [0.05, 0.1) is 6.54 Å². The van der Waals surface area contributed by atoms with Crippen LogP contribution in [0.4, 0.5) is 19.0 Å². The van der Waals surface area contributed by atoms with Crippen LogP contribution in [0.2, 0.25) is 0 Å². The fourth-order valence-corrected chi connectivity index (χ4v) is 3.01. The number of rotatable bonds is 5. The zero-order chi connectivity index (χ0) is 21.0. The number of anilines is 1. The van der Waals surface area contributed by atoms with Gasteiger partial charge in [-0.2, -0.15) is 0 Å². The Morgan fingerprint density at radius 2 is 2.00 bits per heavy atom. The first-order valence-electron chi connectivity index (χ1n) is 9.04. The second-order valence-electron chi connectivity index (χ2n) is 6.83. The SMILES string of the molecule is CN(C)c1ccc(OC2CCCN(C(=O)c3cccc(OC(F)(F)F)c3)C2)nn1. The van der Waals surface area contributed by atoms with E-state index in [4.69, 9.17) is 4.74 Å². The van der Waals surface area contributed by atoms with Crippen LogP contribution in [0.3, 0.4) is 0 Å². The van der Waals surface area contributed by atoms with Crippen molar-refractivity contribution in [2.45, 2.75) is 25.3 Å². The van der Waals surface area contributed by atoms with Crippen molar-refractivity contribution < 1.29 is 27.4 Å². The maximum atomic E-state index is 12.7. The number of benzene rings is 1. The fraction of sp³-hybridized carbons (Fsp3) is 0.421. The zero-order valence-corrected chi connectivity index (χ0v) is 16.0. The van der Waals surface area contributed by atoms with Gasteiger partial charge in [-0.15, -0.1) is 23.4 Å². The Hall–Kier alpha value is -3.04. The summed E-state index contributed by atoms with van der Waals surface area (Å²) in [6.07, 6.45) is -3.65. The number of ether oxygens (including phenoxy) is 2. The zero-order valence-electron chi connectivity index (χ0n) is 16.0. The second-order valence-corrected chi connectivity index (χ2v) is 6.83. The van der Waals surface area contributed by atoms with Gasteiger partial charge in [-0.25, -0.2) is 0 Å². The van der Waals surface area contributed by atoms with Crippen LogP contribution >= 0.6 is 0 Å². The number of nitrogens with zero attached hydrogens (tertiary/aromatic N) is 4. The Bertz CT molecular complexity index is 843. The number of hydrogen-bond acceptors (Lipinski definition) is 6. The molecule has 1 aliphatic rings. The van der Waals surface area contributed by atoms with Gasteiger partial charge in [-0.1, -0.05) is 6.07 Å². The van der Waals surface area contributed by atoms with Crippen molar-refractivity contribution in [3.8, 4) is 11.6 Å². The highest BCUT2D eigenvalue weighted by Crippen LogP contribution is 2.25. The van der Waals surface area contributed by atoms with Gasteiger partial charge in [0.2, 0.25) is 5.88 Å². The Kier molecular flexibility index (Phi) is 6.09. The van der Waals surface area contributed by atoms with Gasteiger partial charge < -0.3 is 19.3 Å². The molecular formula is C19H21F3N4O3. The van der Waals surface area contributed by atoms with Crippen LogP contribution in [-0.4, -0.2) is 60.7 Å². The minimum atomic E-state index is -4.81. The van der Waals surface area contributed by atoms with E-state index in [0.29, 0.717) is 31.2 Å². The summed E-state index contributed by atoms with van der Waals surface area (Å²) >= 11 is 0. The van der Waals surface area contributed by atoms with E-state index in [9.17, 15) is 18.0 Å². The monoisotopic (exact) mass is 410 g/mol. The lowest BCUT2D eigenvalue weighted by Crippen LogP contribution is -2.44. The van der Waals surface area contributed by atoms with E-state index in [1.165, 1.54) is 12.1 Å². The molecule has 0 radical (unpaired) electrons. The molecule has 0 N–H and O–H groups in total. The van der Waals surface area contributed by atoms with Crippen molar-refractivity contribution in [3.05, 3.63) is 42.0 Å². The molecule has 0 saturated carbocycles. The van der Waals surface area contributed by atoms with Crippen molar-refractivity contribution >= 4 is 11.7 Å². The molecule has 1 unspecified atom stereocenters. The molecule has 0 aliphatic carbocycles. The van der Waals surface area contributed by atoms with Crippen molar-refractivity contribution in [2.75, 3.05) is 32.1 Å². The number of carbonyl (C=O) groups is 1. The van der Waals surface area contributed by atoms with Gasteiger partial charge in [0.25, 0.3) is 5.91 Å². The number of alkyl halides is 3. The predicted molar refractivity (Wildman–Crippen MR) is 99.0 cm³/mol. The Morgan fingerprint density at radius 3 is 2.66 bits per heavy atom. The van der Waals surface area contributed by atoms with Crippen LogP contribution in [0.1, 0.15) is 23.2 Å². The molecule has 1 atom stereocenters. The van der Waals surface area contributed by atoms with Crippen LogP contribution in [-0.2, 0) is 0 Å². The van der Waals surface area contributed by atoms with Crippen LogP contribution in [0, 0.1) is 0 Å². The lowest BCUT2D eigenvalue weighted by atomic mass is 10.1. The summed E-state index contributed by atoms with van der Waals surface area (Å²) in [4.78, 5) is 16.1. The van der Waals surface area contributed by atoms with Gasteiger partial charge in [-0.3, -0.25) is 4.79 Å². The molecule has 29 heavy (non-hydrogen) atoms. The number of halogens is 3. The lowest BCUT2D eigenvalue weighted by molar-refractivity contribution is -0.274.